The van der Waals surface area contributed by atoms with E-state index in [0.717, 1.165) is 0 Å². The molecule has 0 aliphatic rings. The van der Waals surface area contributed by atoms with E-state index < -0.39 is 0 Å². The van der Waals surface area contributed by atoms with Crippen LogP contribution in [0, 0.1) is 0 Å². The third-order valence-corrected chi connectivity index (χ3v) is 2.81. The average molecular weight is 271 g/mol. The maximum atomic E-state index is 10.4. The lowest BCUT2D eigenvalue weighted by Gasteiger charge is -2.05. The predicted molar refractivity (Wildman–Crippen MR) is 64.9 cm³/mol. The number of ether oxygens (including phenoxy) is 1. The zero-order valence-electron chi connectivity index (χ0n) is 8.65. The van der Waals surface area contributed by atoms with Crippen LogP contribution in [0.4, 0.5) is 0 Å². The first kappa shape index (κ1) is 12.0. The predicted octanol–water partition coefficient (Wildman–Crippen LogP) is 3.98. The molecule has 17 heavy (non-hydrogen) atoms. The van der Waals surface area contributed by atoms with E-state index in [9.17, 15) is 4.79 Å². The van der Waals surface area contributed by atoms with Crippen LogP contribution in [-0.2, 0) is 6.61 Å². The summed E-state index contributed by atoms with van der Waals surface area (Å²) in [5.41, 5.74) is 0. The Morgan fingerprint density at radius 3 is 2.65 bits per heavy atom. The molecule has 0 spiro atoms. The fraction of sp³-hybridized carbons (Fsp3) is 0.0833. The summed E-state index contributed by atoms with van der Waals surface area (Å²) >= 11 is 11.6. The van der Waals surface area contributed by atoms with E-state index in [-0.39, 0.29) is 12.4 Å². The van der Waals surface area contributed by atoms with E-state index in [0.29, 0.717) is 27.8 Å². The van der Waals surface area contributed by atoms with Gasteiger partial charge in [-0.25, -0.2) is 0 Å². The monoisotopic (exact) mass is 270 g/mol. The molecule has 0 saturated heterocycles. The van der Waals surface area contributed by atoms with Gasteiger partial charge in [0.05, 0.1) is 10.0 Å². The normalized spacial score (nSPS) is 10.2. The van der Waals surface area contributed by atoms with Gasteiger partial charge in [0.2, 0.25) is 0 Å². The van der Waals surface area contributed by atoms with Crippen LogP contribution in [0.15, 0.2) is 34.7 Å². The maximum absolute atomic E-state index is 10.4. The molecule has 0 saturated carbocycles. The van der Waals surface area contributed by atoms with Crippen molar-refractivity contribution in [3.8, 4) is 5.75 Å². The summed E-state index contributed by atoms with van der Waals surface area (Å²) in [5.74, 6) is 1.43. The fourth-order valence-electron chi connectivity index (χ4n) is 1.26. The van der Waals surface area contributed by atoms with Gasteiger partial charge >= 0.3 is 0 Å². The van der Waals surface area contributed by atoms with Crippen LogP contribution in [0.2, 0.25) is 10.0 Å². The van der Waals surface area contributed by atoms with Gasteiger partial charge in [0.1, 0.15) is 18.1 Å². The van der Waals surface area contributed by atoms with Crippen molar-refractivity contribution in [2.24, 2.45) is 0 Å². The molecule has 0 N–H and O–H groups in total. The van der Waals surface area contributed by atoms with E-state index in [1.54, 1.807) is 30.3 Å². The van der Waals surface area contributed by atoms with Gasteiger partial charge in [0, 0.05) is 6.07 Å². The van der Waals surface area contributed by atoms with Crippen molar-refractivity contribution < 1.29 is 13.9 Å². The second-order valence-corrected chi connectivity index (χ2v) is 4.10. The largest absolute Gasteiger partial charge is 0.486 e. The molecule has 0 amide bonds. The van der Waals surface area contributed by atoms with Gasteiger partial charge in [0.25, 0.3) is 0 Å². The Balaban J connectivity index is 2.01. The summed E-state index contributed by atoms with van der Waals surface area (Å²) < 4.78 is 10.6. The number of carbonyl (C=O) groups excluding carboxylic acids is 1. The summed E-state index contributed by atoms with van der Waals surface area (Å²) in [6.45, 7) is 0.228. The minimum atomic E-state index is 0.228. The van der Waals surface area contributed by atoms with Crippen LogP contribution >= 0.6 is 23.2 Å². The second kappa shape index (κ2) is 5.25. The molecule has 0 bridgehead atoms. The number of rotatable bonds is 4. The molecule has 1 heterocycles. The molecule has 0 atom stereocenters. The smallest absolute Gasteiger partial charge is 0.185 e. The molecule has 2 aromatic rings. The van der Waals surface area contributed by atoms with Gasteiger partial charge in [0.15, 0.2) is 12.0 Å². The molecule has 2 rings (SSSR count). The van der Waals surface area contributed by atoms with Crippen molar-refractivity contribution in [1.29, 1.82) is 0 Å². The molecule has 0 unspecified atom stereocenters. The van der Waals surface area contributed by atoms with Crippen molar-refractivity contribution >= 4 is 29.5 Å². The van der Waals surface area contributed by atoms with E-state index in [2.05, 4.69) is 0 Å². The first-order chi connectivity index (χ1) is 8.19. The number of furan rings is 1. The Labute approximate surface area is 108 Å². The topological polar surface area (TPSA) is 39.4 Å². The fourth-order valence-corrected chi connectivity index (χ4v) is 1.54. The highest BCUT2D eigenvalue weighted by Crippen LogP contribution is 2.26. The van der Waals surface area contributed by atoms with Crippen molar-refractivity contribution in [1.82, 2.24) is 0 Å². The summed E-state index contributed by atoms with van der Waals surface area (Å²) in [5, 5.41) is 0.900. The Bertz CT molecular complexity index is 534. The van der Waals surface area contributed by atoms with Crippen molar-refractivity contribution in [2.75, 3.05) is 0 Å². The molecule has 0 fully saturated rings. The molecular weight excluding hydrogens is 263 g/mol. The molecule has 1 aromatic carbocycles. The Kier molecular flexibility index (Phi) is 3.71. The number of aldehydes is 1. The number of halogens is 2. The van der Waals surface area contributed by atoms with E-state index in [4.69, 9.17) is 32.4 Å². The van der Waals surface area contributed by atoms with Crippen molar-refractivity contribution in [2.45, 2.75) is 6.61 Å². The molecule has 0 radical (unpaired) electrons. The third kappa shape index (κ3) is 3.02. The van der Waals surface area contributed by atoms with Crippen LogP contribution in [0.5, 0.6) is 5.75 Å². The molecule has 0 aliphatic heterocycles. The summed E-state index contributed by atoms with van der Waals surface area (Å²) in [4.78, 5) is 10.4. The maximum Gasteiger partial charge on any atom is 0.185 e. The first-order valence-electron chi connectivity index (χ1n) is 4.81. The highest BCUT2D eigenvalue weighted by molar-refractivity contribution is 6.42. The Morgan fingerprint density at radius 1 is 1.18 bits per heavy atom. The first-order valence-corrected chi connectivity index (χ1v) is 5.56. The van der Waals surface area contributed by atoms with Crippen LogP contribution in [0.25, 0.3) is 0 Å². The van der Waals surface area contributed by atoms with E-state index in [1.807, 2.05) is 0 Å². The highest BCUT2D eigenvalue weighted by atomic mass is 35.5. The van der Waals surface area contributed by atoms with Crippen LogP contribution in [0.3, 0.4) is 0 Å². The van der Waals surface area contributed by atoms with Crippen LogP contribution in [-0.4, -0.2) is 6.29 Å². The van der Waals surface area contributed by atoms with Gasteiger partial charge in [-0.05, 0) is 24.3 Å². The number of benzene rings is 1. The molecular formula is C12H8Cl2O3. The van der Waals surface area contributed by atoms with Gasteiger partial charge in [-0.15, -0.1) is 0 Å². The molecule has 0 aliphatic carbocycles. The third-order valence-electron chi connectivity index (χ3n) is 2.07. The van der Waals surface area contributed by atoms with E-state index >= 15 is 0 Å². The minimum Gasteiger partial charge on any atom is -0.486 e. The zero-order chi connectivity index (χ0) is 12.3. The summed E-state index contributed by atoms with van der Waals surface area (Å²) in [6, 6.07) is 8.24. The molecule has 3 nitrogen and oxygen atoms in total. The van der Waals surface area contributed by atoms with Gasteiger partial charge in [-0.2, -0.15) is 0 Å². The number of hydrogen-bond acceptors (Lipinski definition) is 3. The lowest BCUT2D eigenvalue weighted by molar-refractivity contribution is 0.109. The lowest BCUT2D eigenvalue weighted by Crippen LogP contribution is -1.93. The molecule has 5 heteroatoms. The minimum absolute atomic E-state index is 0.228. The zero-order valence-corrected chi connectivity index (χ0v) is 10.2. The highest BCUT2D eigenvalue weighted by Gasteiger charge is 2.04. The quantitative estimate of drug-likeness (QED) is 0.789. The van der Waals surface area contributed by atoms with Crippen LogP contribution in [0.1, 0.15) is 16.3 Å². The van der Waals surface area contributed by atoms with E-state index in [1.165, 1.54) is 0 Å². The van der Waals surface area contributed by atoms with Gasteiger partial charge < -0.3 is 9.15 Å². The van der Waals surface area contributed by atoms with Crippen LogP contribution < -0.4 is 4.74 Å². The van der Waals surface area contributed by atoms with Crippen molar-refractivity contribution in [3.63, 3.8) is 0 Å². The SMILES string of the molecule is O=Cc1ccc(COc2ccc(Cl)c(Cl)c2)o1. The average Bonchev–Trinajstić information content (AvgIpc) is 2.79. The standard InChI is InChI=1S/C12H8Cl2O3/c13-11-4-3-8(5-12(11)14)16-7-10-2-1-9(6-15)17-10/h1-6H,7H2. The number of carbonyl (C=O) groups is 1. The summed E-state index contributed by atoms with van der Waals surface area (Å²) in [7, 11) is 0. The molecule has 1 aromatic heterocycles. The Hall–Kier alpha value is -1.45. The van der Waals surface area contributed by atoms with Crippen molar-refractivity contribution in [3.05, 3.63) is 51.9 Å². The molecule has 88 valence electrons. The number of hydrogen-bond donors (Lipinski definition) is 0. The second-order valence-electron chi connectivity index (χ2n) is 3.29. The summed E-state index contributed by atoms with van der Waals surface area (Å²) in [6.07, 6.45) is 0.642. The Morgan fingerprint density at radius 2 is 2.00 bits per heavy atom. The lowest BCUT2D eigenvalue weighted by atomic mass is 10.3. The van der Waals surface area contributed by atoms with Gasteiger partial charge in [-0.3, -0.25) is 4.79 Å². The van der Waals surface area contributed by atoms with Gasteiger partial charge in [-0.1, -0.05) is 23.2 Å².